The van der Waals surface area contributed by atoms with E-state index in [2.05, 4.69) is 11.0 Å². The van der Waals surface area contributed by atoms with Gasteiger partial charge in [0.25, 0.3) is 0 Å². The van der Waals surface area contributed by atoms with Crippen molar-refractivity contribution in [1.82, 2.24) is 0 Å². The standard InChI is InChI=1S/3CH3.Ir.2H4NO2P/c;;;;2*1-4(2)3/h3*1H3;;2*2-3H,1H2/q3*-1;+3;;/p+2. The number of hydrogen-bond acceptors (Lipinski definition) is 6. The van der Waals surface area contributed by atoms with Crippen LogP contribution in [0.2, 0.25) is 0 Å². The molecule has 0 aromatic heterocycles. The predicted molar refractivity (Wildman–Crippen MR) is 53.1 cm³/mol. The zero-order valence-electron chi connectivity index (χ0n) is 7.28. The van der Waals surface area contributed by atoms with E-state index in [1.54, 1.807) is 0 Å². The van der Waals surface area contributed by atoms with E-state index in [9.17, 15) is 0 Å². The van der Waals surface area contributed by atoms with E-state index in [-0.39, 0.29) is 42.4 Å². The van der Waals surface area contributed by atoms with Crippen molar-refractivity contribution in [3.8, 4) is 0 Å². The van der Waals surface area contributed by atoms with Crippen molar-refractivity contribution in [1.29, 1.82) is 0 Å². The number of nitrogens with two attached hydrogens (primary N) is 2. The molecule has 0 amide bonds. The van der Waals surface area contributed by atoms with Crippen LogP contribution in [0.1, 0.15) is 0 Å². The molecular formula is C3H19IrN2O4P2+2. The van der Waals surface area contributed by atoms with E-state index >= 15 is 0 Å². The monoisotopic (exact) mass is 402 g/mol. The summed E-state index contributed by atoms with van der Waals surface area (Å²) in [5, 5.41) is 0. The van der Waals surface area contributed by atoms with Gasteiger partial charge in [0.05, 0.1) is 0 Å². The minimum Gasteiger partial charge on any atom is -0.358 e. The molecule has 0 bridgehead atoms. The number of rotatable bonds is 0. The summed E-state index contributed by atoms with van der Waals surface area (Å²) < 4.78 is 0. The Kier molecular flexibility index (Phi) is 92.9. The van der Waals surface area contributed by atoms with Gasteiger partial charge in [-0.05, 0) is 0 Å². The zero-order valence-corrected chi connectivity index (χ0v) is 11.7. The summed E-state index contributed by atoms with van der Waals surface area (Å²) >= 11 is 0. The van der Waals surface area contributed by atoms with Crippen molar-refractivity contribution < 1.29 is 39.7 Å². The van der Waals surface area contributed by atoms with Gasteiger partial charge in [0.1, 0.15) is 0 Å². The van der Waals surface area contributed by atoms with Gasteiger partial charge in [0.15, 0.2) is 0 Å². The fourth-order valence-electron chi connectivity index (χ4n) is 0. The number of hydrogen-bond donors (Lipinski definition) is 6. The van der Waals surface area contributed by atoms with Crippen LogP contribution in [0.25, 0.3) is 0 Å². The van der Waals surface area contributed by atoms with Crippen molar-refractivity contribution in [2.24, 2.45) is 11.0 Å². The molecular weight excluding hydrogens is 382 g/mol. The Balaban J connectivity index is -0.0000000112. The van der Waals surface area contributed by atoms with Crippen LogP contribution in [0.5, 0.6) is 0 Å². The summed E-state index contributed by atoms with van der Waals surface area (Å²) in [5.41, 5.74) is 8.65. The molecule has 0 aliphatic heterocycles. The normalized spacial score (nSPS) is 6.00. The molecule has 0 unspecified atom stereocenters. The van der Waals surface area contributed by atoms with E-state index in [4.69, 9.17) is 19.6 Å². The smallest absolute Gasteiger partial charge is 0.358 e. The van der Waals surface area contributed by atoms with Crippen molar-refractivity contribution in [2.75, 3.05) is 0 Å². The predicted octanol–water partition coefficient (Wildman–Crippen LogP) is -0.874. The van der Waals surface area contributed by atoms with E-state index in [1.807, 2.05) is 0 Å². The topological polar surface area (TPSA) is 133 Å². The zero-order chi connectivity index (χ0) is 7.15. The Labute approximate surface area is 90.3 Å². The summed E-state index contributed by atoms with van der Waals surface area (Å²) in [6.07, 6.45) is 0. The molecule has 8 N–H and O–H groups in total. The summed E-state index contributed by atoms with van der Waals surface area (Å²) in [7, 11) is -4.76. The fraction of sp³-hybridized carbons (Fsp3) is 0. The first-order chi connectivity index (χ1) is 3.46. The van der Waals surface area contributed by atoms with Crippen molar-refractivity contribution in [3.05, 3.63) is 22.3 Å². The molecule has 0 rings (SSSR count). The summed E-state index contributed by atoms with van der Waals surface area (Å²) in [4.78, 5) is 30.0. The van der Waals surface area contributed by atoms with Crippen molar-refractivity contribution in [3.63, 3.8) is 0 Å². The molecule has 0 aromatic carbocycles. The molecule has 0 fully saturated rings. The van der Waals surface area contributed by atoms with Gasteiger partial charge in [-0.25, -0.2) is 19.6 Å². The van der Waals surface area contributed by atoms with Crippen LogP contribution < -0.4 is 11.0 Å². The van der Waals surface area contributed by atoms with Crippen LogP contribution in [-0.2, 0) is 20.1 Å². The van der Waals surface area contributed by atoms with Gasteiger partial charge in [-0.3, -0.25) is 0 Å². The van der Waals surface area contributed by atoms with Crippen LogP contribution >= 0.6 is 17.1 Å². The maximum absolute atomic E-state index is 7.49. The maximum atomic E-state index is 7.49. The van der Waals surface area contributed by atoms with E-state index < -0.39 is 17.1 Å². The van der Waals surface area contributed by atoms with Gasteiger partial charge in [0, 0.05) is 0 Å². The molecule has 0 atom stereocenters. The molecule has 9 heteroatoms. The molecule has 0 aromatic rings. The Morgan fingerprint density at radius 3 is 0.667 bits per heavy atom. The Morgan fingerprint density at radius 1 is 0.667 bits per heavy atom. The van der Waals surface area contributed by atoms with Crippen LogP contribution in [0.4, 0.5) is 0 Å². The van der Waals surface area contributed by atoms with Crippen LogP contribution in [0, 0.1) is 22.3 Å². The third-order valence-electron chi connectivity index (χ3n) is 0. The minimum absolute atomic E-state index is 0. The second-order valence-corrected chi connectivity index (χ2v) is 2.15. The molecule has 0 radical (unpaired) electrons. The summed E-state index contributed by atoms with van der Waals surface area (Å²) in [5.74, 6) is 0. The largest absolute Gasteiger partial charge is 3.00 e. The molecule has 0 saturated carbocycles. The van der Waals surface area contributed by atoms with Crippen molar-refractivity contribution in [2.45, 2.75) is 0 Å². The van der Waals surface area contributed by atoms with Gasteiger partial charge in [-0.15, -0.1) is 0 Å². The van der Waals surface area contributed by atoms with Gasteiger partial charge in [-0.2, -0.15) is 11.0 Å². The third kappa shape index (κ3) is 738. The molecule has 0 aliphatic carbocycles. The van der Waals surface area contributed by atoms with Gasteiger partial charge >= 0.3 is 37.2 Å². The second-order valence-electron chi connectivity index (χ2n) is 0.716. The van der Waals surface area contributed by atoms with E-state index in [0.29, 0.717) is 0 Å². The molecule has 0 aliphatic rings. The summed E-state index contributed by atoms with van der Waals surface area (Å²) in [6.45, 7) is 0. The van der Waals surface area contributed by atoms with E-state index in [1.165, 1.54) is 0 Å². The Bertz CT molecular complexity index is 41.8. The van der Waals surface area contributed by atoms with Crippen LogP contribution in [-0.4, -0.2) is 19.6 Å². The van der Waals surface area contributed by atoms with E-state index in [0.717, 1.165) is 0 Å². The fourth-order valence-corrected chi connectivity index (χ4v) is 0. The molecule has 12 heavy (non-hydrogen) atoms. The molecule has 6 nitrogen and oxygen atoms in total. The third-order valence-corrected chi connectivity index (χ3v) is 0. The quantitative estimate of drug-likeness (QED) is 0.231. The SMILES string of the molecule is N[PH+](O)O.N[PH+](O)O.[CH3-].[CH3-].[CH3-].[Ir+3]. The van der Waals surface area contributed by atoms with Crippen LogP contribution in [0.15, 0.2) is 0 Å². The molecule has 0 spiro atoms. The maximum Gasteiger partial charge on any atom is 3.00 e. The average molecular weight is 401 g/mol. The van der Waals surface area contributed by atoms with Gasteiger partial charge in [-0.1, -0.05) is 0 Å². The summed E-state index contributed by atoms with van der Waals surface area (Å²) in [6, 6.07) is 0. The minimum atomic E-state index is -2.38. The second kappa shape index (κ2) is 29.5. The van der Waals surface area contributed by atoms with Gasteiger partial charge in [0.2, 0.25) is 0 Å². The first-order valence-electron chi connectivity index (χ1n) is 1.47. The van der Waals surface area contributed by atoms with Gasteiger partial charge < -0.3 is 22.3 Å². The average Bonchev–Trinajstić information content (AvgIpc) is 1.25. The molecule has 82 valence electrons. The van der Waals surface area contributed by atoms with Crippen LogP contribution in [0.3, 0.4) is 0 Å². The Hall–Kier alpha value is 1.27. The molecule has 0 heterocycles. The van der Waals surface area contributed by atoms with Crippen molar-refractivity contribution >= 4 is 17.1 Å². The first-order valence-corrected chi connectivity index (χ1v) is 4.42. The molecule has 0 saturated heterocycles. The first kappa shape index (κ1) is 37.8. The Morgan fingerprint density at radius 2 is 0.667 bits per heavy atom.